The van der Waals surface area contributed by atoms with Gasteiger partial charge < -0.3 is 10.2 Å². The fourth-order valence-electron chi connectivity index (χ4n) is 3.56. The maximum Gasteiger partial charge on any atom is 0.225 e. The zero-order chi connectivity index (χ0) is 16.7. The lowest BCUT2D eigenvalue weighted by atomic mass is 10.0. The maximum absolute atomic E-state index is 13.9. The van der Waals surface area contributed by atoms with E-state index in [1.807, 2.05) is 11.0 Å². The van der Waals surface area contributed by atoms with Crippen molar-refractivity contribution in [2.75, 3.05) is 18.8 Å². The summed E-state index contributed by atoms with van der Waals surface area (Å²) in [5, 5.41) is 3.06. The van der Waals surface area contributed by atoms with Crippen LogP contribution in [0.2, 0.25) is 0 Å². The zero-order valence-corrected chi connectivity index (χ0v) is 14.3. The van der Waals surface area contributed by atoms with Gasteiger partial charge in [-0.05, 0) is 36.8 Å². The van der Waals surface area contributed by atoms with E-state index < -0.39 is 0 Å². The molecule has 1 N–H and O–H groups in total. The van der Waals surface area contributed by atoms with Crippen LogP contribution in [0.4, 0.5) is 4.39 Å². The van der Waals surface area contributed by atoms with E-state index in [2.05, 4.69) is 5.32 Å². The third-order valence-electron chi connectivity index (χ3n) is 5.10. The van der Waals surface area contributed by atoms with E-state index in [-0.39, 0.29) is 29.6 Å². The number of likely N-dealkylation sites (tertiary alicyclic amines) is 1. The Labute approximate surface area is 145 Å². The van der Waals surface area contributed by atoms with Crippen molar-refractivity contribution in [2.45, 2.75) is 36.6 Å². The SMILES string of the molecule is O=C(N[C@H]1CCSc2c(F)cccc21)[C@@H]1CC(=O)N(CC2CC2)C1. The molecule has 1 saturated heterocycles. The summed E-state index contributed by atoms with van der Waals surface area (Å²) in [5.41, 5.74) is 0.860. The number of fused-ring (bicyclic) bond motifs is 1. The average molecular weight is 348 g/mol. The van der Waals surface area contributed by atoms with Crippen molar-refractivity contribution in [1.82, 2.24) is 10.2 Å². The highest BCUT2D eigenvalue weighted by molar-refractivity contribution is 7.99. The summed E-state index contributed by atoms with van der Waals surface area (Å²) in [6.45, 7) is 1.33. The Morgan fingerprint density at radius 1 is 1.33 bits per heavy atom. The topological polar surface area (TPSA) is 49.4 Å². The molecule has 2 fully saturated rings. The second-order valence-electron chi connectivity index (χ2n) is 7.00. The number of hydrogen-bond acceptors (Lipinski definition) is 3. The van der Waals surface area contributed by atoms with Gasteiger partial charge in [0.25, 0.3) is 0 Å². The minimum Gasteiger partial charge on any atom is -0.349 e. The summed E-state index contributed by atoms with van der Waals surface area (Å²) >= 11 is 1.50. The number of carbonyl (C=O) groups excluding carboxylic acids is 2. The first kappa shape index (κ1) is 15.9. The Morgan fingerprint density at radius 3 is 2.96 bits per heavy atom. The van der Waals surface area contributed by atoms with Crippen molar-refractivity contribution in [3.63, 3.8) is 0 Å². The summed E-state index contributed by atoms with van der Waals surface area (Å²) in [5.74, 6) is 0.949. The van der Waals surface area contributed by atoms with Crippen molar-refractivity contribution in [3.8, 4) is 0 Å². The van der Waals surface area contributed by atoms with E-state index in [1.54, 1.807) is 6.07 Å². The number of benzene rings is 1. The molecule has 1 aromatic rings. The van der Waals surface area contributed by atoms with Crippen LogP contribution in [0.3, 0.4) is 0 Å². The lowest BCUT2D eigenvalue weighted by Crippen LogP contribution is -2.37. The van der Waals surface area contributed by atoms with Crippen LogP contribution in [0, 0.1) is 17.7 Å². The Morgan fingerprint density at radius 2 is 2.17 bits per heavy atom. The van der Waals surface area contributed by atoms with Gasteiger partial charge >= 0.3 is 0 Å². The minimum atomic E-state index is -0.275. The van der Waals surface area contributed by atoms with Gasteiger partial charge in [0, 0.05) is 30.2 Å². The molecule has 0 aromatic heterocycles. The predicted octanol–water partition coefficient (Wildman–Crippen LogP) is 2.74. The molecule has 0 radical (unpaired) electrons. The van der Waals surface area contributed by atoms with Crippen molar-refractivity contribution >= 4 is 23.6 Å². The van der Waals surface area contributed by atoms with E-state index in [0.717, 1.165) is 24.3 Å². The van der Waals surface area contributed by atoms with Crippen LogP contribution in [-0.4, -0.2) is 35.6 Å². The minimum absolute atomic E-state index is 0.0752. The first-order chi connectivity index (χ1) is 11.6. The molecule has 24 heavy (non-hydrogen) atoms. The first-order valence-corrected chi connectivity index (χ1v) is 9.59. The van der Waals surface area contributed by atoms with Gasteiger partial charge in [-0.3, -0.25) is 9.59 Å². The number of thioether (sulfide) groups is 1. The Bertz CT molecular complexity index is 677. The molecule has 4 nitrogen and oxygen atoms in total. The summed E-state index contributed by atoms with van der Waals surface area (Å²) < 4.78 is 13.9. The van der Waals surface area contributed by atoms with Crippen molar-refractivity contribution in [2.24, 2.45) is 11.8 Å². The molecule has 2 heterocycles. The zero-order valence-electron chi connectivity index (χ0n) is 13.5. The van der Waals surface area contributed by atoms with Crippen LogP contribution in [0.5, 0.6) is 0 Å². The van der Waals surface area contributed by atoms with Gasteiger partial charge in [0.05, 0.1) is 12.0 Å². The predicted molar refractivity (Wildman–Crippen MR) is 90.0 cm³/mol. The molecule has 1 aliphatic carbocycles. The van der Waals surface area contributed by atoms with Crippen LogP contribution < -0.4 is 5.32 Å². The molecular weight excluding hydrogens is 327 g/mol. The van der Waals surface area contributed by atoms with Crippen LogP contribution in [-0.2, 0) is 9.59 Å². The Balaban J connectivity index is 1.42. The normalized spacial score (nSPS) is 26.4. The largest absolute Gasteiger partial charge is 0.349 e. The van der Waals surface area contributed by atoms with Crippen LogP contribution in [0.1, 0.15) is 37.3 Å². The van der Waals surface area contributed by atoms with Gasteiger partial charge in [-0.2, -0.15) is 0 Å². The van der Waals surface area contributed by atoms with Crippen molar-refractivity contribution in [1.29, 1.82) is 0 Å². The van der Waals surface area contributed by atoms with Gasteiger partial charge in [-0.1, -0.05) is 12.1 Å². The van der Waals surface area contributed by atoms with Gasteiger partial charge in [-0.15, -0.1) is 11.8 Å². The molecule has 1 saturated carbocycles. The molecule has 0 unspecified atom stereocenters. The molecule has 0 bridgehead atoms. The number of nitrogens with zero attached hydrogens (tertiary/aromatic N) is 1. The van der Waals surface area contributed by atoms with Crippen LogP contribution >= 0.6 is 11.8 Å². The van der Waals surface area contributed by atoms with Crippen molar-refractivity contribution < 1.29 is 14.0 Å². The van der Waals surface area contributed by atoms with Gasteiger partial charge in [-0.25, -0.2) is 4.39 Å². The Hall–Kier alpha value is -1.56. The summed E-state index contributed by atoms with van der Waals surface area (Å²) in [7, 11) is 0. The fourth-order valence-corrected chi connectivity index (χ4v) is 4.70. The second-order valence-corrected chi connectivity index (χ2v) is 8.10. The highest BCUT2D eigenvalue weighted by atomic mass is 32.2. The van der Waals surface area contributed by atoms with Gasteiger partial charge in [0.1, 0.15) is 5.82 Å². The molecule has 6 heteroatoms. The quantitative estimate of drug-likeness (QED) is 0.910. The first-order valence-electron chi connectivity index (χ1n) is 8.61. The molecule has 128 valence electrons. The van der Waals surface area contributed by atoms with Gasteiger partial charge in [0.15, 0.2) is 0 Å². The van der Waals surface area contributed by atoms with E-state index in [4.69, 9.17) is 0 Å². The fraction of sp³-hybridized carbons (Fsp3) is 0.556. The summed E-state index contributed by atoms with van der Waals surface area (Å²) in [4.78, 5) is 27.2. The highest BCUT2D eigenvalue weighted by Crippen LogP contribution is 2.38. The highest BCUT2D eigenvalue weighted by Gasteiger charge is 2.38. The molecular formula is C18H21FN2O2S. The third-order valence-corrected chi connectivity index (χ3v) is 6.26. The lowest BCUT2D eigenvalue weighted by Gasteiger charge is -2.27. The smallest absolute Gasteiger partial charge is 0.225 e. The van der Waals surface area contributed by atoms with Crippen molar-refractivity contribution in [3.05, 3.63) is 29.6 Å². The maximum atomic E-state index is 13.9. The van der Waals surface area contributed by atoms with E-state index in [9.17, 15) is 14.0 Å². The van der Waals surface area contributed by atoms with E-state index >= 15 is 0 Å². The molecule has 2 amide bonds. The average Bonchev–Trinajstić information content (AvgIpc) is 3.31. The Kier molecular flexibility index (Phi) is 4.24. The summed E-state index contributed by atoms with van der Waals surface area (Å²) in [6, 6.07) is 4.88. The molecule has 0 spiro atoms. The number of nitrogens with one attached hydrogen (secondary N) is 1. The second kappa shape index (κ2) is 6.39. The van der Waals surface area contributed by atoms with E-state index in [0.29, 0.717) is 23.8 Å². The molecule has 2 atom stereocenters. The molecule has 2 aliphatic heterocycles. The van der Waals surface area contributed by atoms with Gasteiger partial charge in [0.2, 0.25) is 11.8 Å². The number of hydrogen-bond donors (Lipinski definition) is 1. The van der Waals surface area contributed by atoms with E-state index in [1.165, 1.54) is 30.7 Å². The molecule has 3 aliphatic rings. The number of halogens is 1. The summed E-state index contributed by atoms with van der Waals surface area (Å²) in [6.07, 6.45) is 3.49. The van der Waals surface area contributed by atoms with Crippen LogP contribution in [0.25, 0.3) is 0 Å². The molecule has 4 rings (SSSR count). The third kappa shape index (κ3) is 3.16. The molecule has 1 aromatic carbocycles. The standard InChI is InChI=1S/C18H21FN2O2S/c19-14-3-1-2-13-15(6-7-24-17(13)14)20-18(23)12-8-16(22)21(10-12)9-11-4-5-11/h1-3,11-12,15H,4-10H2,(H,20,23)/t12-,15+/m1/s1. The number of carbonyl (C=O) groups is 2. The lowest BCUT2D eigenvalue weighted by molar-refractivity contribution is -0.129. The monoisotopic (exact) mass is 348 g/mol. The van der Waals surface area contributed by atoms with Crippen LogP contribution in [0.15, 0.2) is 23.1 Å². The number of amides is 2. The number of rotatable bonds is 4.